The topological polar surface area (TPSA) is 347 Å². The van der Waals surface area contributed by atoms with Crippen molar-refractivity contribution in [3.63, 3.8) is 0 Å². The predicted octanol–water partition coefficient (Wildman–Crippen LogP) is -8.94. The lowest BCUT2D eigenvalue weighted by Gasteiger charge is -2.50. The Morgan fingerprint density at radius 1 is 0.681 bits per heavy atom. The summed E-state index contributed by atoms with van der Waals surface area (Å²) in [6, 6.07) is -1.54. The van der Waals surface area contributed by atoms with Crippen molar-refractivity contribution in [3.05, 3.63) is 0 Å². The molecule has 3 aliphatic heterocycles. The van der Waals surface area contributed by atoms with E-state index in [-0.39, 0.29) is 0 Å². The summed E-state index contributed by atoms with van der Waals surface area (Å²) in [5, 5.41) is 134. The van der Waals surface area contributed by atoms with Crippen LogP contribution in [0.3, 0.4) is 0 Å². The first-order valence-corrected chi connectivity index (χ1v) is 14.9. The first-order chi connectivity index (χ1) is 22.1. The molecule has 0 bridgehead atoms. The van der Waals surface area contributed by atoms with Crippen LogP contribution in [0.25, 0.3) is 0 Å². The summed E-state index contributed by atoms with van der Waals surface area (Å²) < 4.78 is 34.1. The first-order valence-electron chi connectivity index (χ1n) is 14.9. The van der Waals surface area contributed by atoms with Crippen LogP contribution in [-0.4, -0.2) is 215 Å². The highest BCUT2D eigenvalue weighted by molar-refractivity contribution is 5.73. The van der Waals surface area contributed by atoms with Crippen LogP contribution in [0.15, 0.2) is 0 Å². The Balaban J connectivity index is 1.97. The molecule has 4 unspecified atom stereocenters. The molecule has 47 heavy (non-hydrogen) atoms. The molecule has 19 atom stereocenters. The average Bonchev–Trinajstić information content (AvgIpc) is 3.05. The zero-order valence-electron chi connectivity index (χ0n) is 25.5. The van der Waals surface area contributed by atoms with Crippen molar-refractivity contribution in [1.82, 2.24) is 5.32 Å². The van der Waals surface area contributed by atoms with Crippen molar-refractivity contribution in [2.24, 2.45) is 0 Å². The van der Waals surface area contributed by atoms with Crippen LogP contribution in [0.1, 0.15) is 13.8 Å². The first kappa shape index (κ1) is 40.1. The molecule has 14 N–H and O–H groups in total. The van der Waals surface area contributed by atoms with E-state index in [1.54, 1.807) is 0 Å². The standard InChI is InChI=1S/C26H47NO20/c1-7-14(34)18(38)20(40)25(43-7)47-23-13(27-8(2)31)24(42-6-10(33)16(36)15(35)9(32)3-28)45-12(5-30)22(23)46-26-21(41)19(39)17(37)11(4-29)44-26/h7,9-26,28-30,32-41H,3-6H2,1-2H3,(H,27,31)/t7-,9?,10?,11+,12+,13+,14+,15?,16?,17-,18+,19-,20-,21+,22+,23+,24+,25-,26-/m0/s1. The Bertz CT molecular complexity index is 965. The Morgan fingerprint density at radius 2 is 1.19 bits per heavy atom. The monoisotopic (exact) mass is 693 g/mol. The molecule has 21 nitrogen and oxygen atoms in total. The van der Waals surface area contributed by atoms with Gasteiger partial charge in [0.2, 0.25) is 5.91 Å². The number of hydrogen-bond acceptors (Lipinski definition) is 20. The van der Waals surface area contributed by atoms with Crippen LogP contribution in [-0.2, 0) is 33.2 Å². The highest BCUT2D eigenvalue weighted by atomic mass is 16.8. The lowest BCUT2D eigenvalue weighted by Crippen LogP contribution is -2.70. The third-order valence-electron chi connectivity index (χ3n) is 8.19. The normalized spacial score (nSPS) is 43.9. The van der Waals surface area contributed by atoms with Crippen molar-refractivity contribution < 1.29 is 99.6 Å². The maximum atomic E-state index is 12.4. The number of rotatable bonds is 14. The van der Waals surface area contributed by atoms with Gasteiger partial charge in [-0.1, -0.05) is 0 Å². The van der Waals surface area contributed by atoms with Gasteiger partial charge < -0.3 is 100 Å². The fourth-order valence-corrected chi connectivity index (χ4v) is 5.38. The van der Waals surface area contributed by atoms with Gasteiger partial charge in [0.25, 0.3) is 0 Å². The Morgan fingerprint density at radius 3 is 1.74 bits per heavy atom. The van der Waals surface area contributed by atoms with E-state index in [1.807, 2.05) is 0 Å². The molecule has 21 heteroatoms. The Hall–Kier alpha value is -1.29. The molecule has 1 amide bonds. The minimum atomic E-state index is -2.05. The summed E-state index contributed by atoms with van der Waals surface area (Å²) in [6.07, 6.45) is -31.3. The van der Waals surface area contributed by atoms with Gasteiger partial charge in [0, 0.05) is 6.92 Å². The summed E-state index contributed by atoms with van der Waals surface area (Å²) in [7, 11) is 0. The van der Waals surface area contributed by atoms with Gasteiger partial charge in [-0.15, -0.1) is 0 Å². The maximum Gasteiger partial charge on any atom is 0.217 e. The molecule has 3 saturated heterocycles. The molecule has 0 aliphatic carbocycles. The highest BCUT2D eigenvalue weighted by Crippen LogP contribution is 2.34. The molecule has 0 radical (unpaired) electrons. The Kier molecular flexibility index (Phi) is 15.0. The largest absolute Gasteiger partial charge is 0.394 e. The fourth-order valence-electron chi connectivity index (χ4n) is 5.38. The third-order valence-corrected chi connectivity index (χ3v) is 8.19. The summed E-state index contributed by atoms with van der Waals surface area (Å²) in [5.74, 6) is -0.745. The second-order valence-electron chi connectivity index (χ2n) is 11.7. The highest BCUT2D eigenvalue weighted by Gasteiger charge is 2.55. The lowest BCUT2D eigenvalue weighted by atomic mass is 9.94. The molecular formula is C26H47NO20. The number of hydrogen-bond donors (Lipinski definition) is 14. The van der Waals surface area contributed by atoms with Crippen molar-refractivity contribution in [3.8, 4) is 0 Å². The summed E-state index contributed by atoms with van der Waals surface area (Å²) >= 11 is 0. The molecule has 0 aromatic heterocycles. The molecule has 3 heterocycles. The van der Waals surface area contributed by atoms with Crippen molar-refractivity contribution in [2.75, 3.05) is 26.4 Å². The van der Waals surface area contributed by atoms with Crippen LogP contribution < -0.4 is 5.32 Å². The fraction of sp³-hybridized carbons (Fsp3) is 0.962. The maximum absolute atomic E-state index is 12.4. The minimum absolute atomic E-state index is 0.745. The van der Waals surface area contributed by atoms with Gasteiger partial charge in [0.1, 0.15) is 91.5 Å². The second-order valence-corrected chi connectivity index (χ2v) is 11.7. The number of amides is 1. The van der Waals surface area contributed by atoms with Gasteiger partial charge in [-0.25, -0.2) is 0 Å². The third kappa shape index (κ3) is 9.29. The van der Waals surface area contributed by atoms with Crippen LogP contribution in [0.2, 0.25) is 0 Å². The van der Waals surface area contributed by atoms with Crippen LogP contribution in [0, 0.1) is 0 Å². The Labute approximate surface area is 268 Å². The van der Waals surface area contributed by atoms with Gasteiger partial charge in [-0.2, -0.15) is 0 Å². The van der Waals surface area contributed by atoms with E-state index < -0.39 is 149 Å². The van der Waals surface area contributed by atoms with E-state index in [1.165, 1.54) is 6.92 Å². The molecule has 0 saturated carbocycles. The van der Waals surface area contributed by atoms with Crippen molar-refractivity contribution in [2.45, 2.75) is 130 Å². The van der Waals surface area contributed by atoms with Crippen molar-refractivity contribution >= 4 is 5.91 Å². The van der Waals surface area contributed by atoms with E-state index >= 15 is 0 Å². The van der Waals surface area contributed by atoms with Gasteiger partial charge in [-0.3, -0.25) is 4.79 Å². The van der Waals surface area contributed by atoms with Gasteiger partial charge in [0.05, 0.1) is 32.5 Å². The summed E-state index contributed by atoms with van der Waals surface area (Å²) in [6.45, 7) is -1.12. The molecule has 0 aromatic carbocycles. The predicted molar refractivity (Wildman–Crippen MR) is 146 cm³/mol. The smallest absolute Gasteiger partial charge is 0.217 e. The molecule has 3 aliphatic rings. The molecular weight excluding hydrogens is 646 g/mol. The quantitative estimate of drug-likeness (QED) is 0.0803. The number of carbonyl (C=O) groups excluding carboxylic acids is 1. The van der Waals surface area contributed by atoms with E-state index in [0.717, 1.165) is 6.92 Å². The summed E-state index contributed by atoms with van der Waals surface area (Å²) in [4.78, 5) is 12.4. The van der Waals surface area contributed by atoms with Gasteiger partial charge in [-0.05, 0) is 6.92 Å². The van der Waals surface area contributed by atoms with Crippen LogP contribution in [0.4, 0.5) is 0 Å². The van der Waals surface area contributed by atoms with Gasteiger partial charge >= 0.3 is 0 Å². The number of nitrogens with one attached hydrogen (secondary N) is 1. The van der Waals surface area contributed by atoms with E-state index in [0.29, 0.717) is 0 Å². The molecule has 3 rings (SSSR count). The van der Waals surface area contributed by atoms with E-state index in [9.17, 15) is 66.1 Å². The second kappa shape index (κ2) is 17.6. The molecule has 276 valence electrons. The van der Waals surface area contributed by atoms with Gasteiger partial charge in [0.15, 0.2) is 18.9 Å². The molecule has 0 spiro atoms. The van der Waals surface area contributed by atoms with Crippen LogP contribution >= 0.6 is 0 Å². The SMILES string of the molecule is CC(=O)N[C@H]1[C@H](OCC(O)C(O)C(O)C(O)CO)O[C@H](CO)[C@@H](O[C@@H]2O[C@H](CO)[C@H](O)[C@H](O)[C@H]2O)[C@@H]1O[C@@H]1O[C@@H](C)[C@@H](O)[C@@H](O)[C@@H]1O. The number of aliphatic hydroxyl groups is 13. The molecule has 0 aromatic rings. The lowest BCUT2D eigenvalue weighted by molar-refractivity contribution is -0.374. The average molecular weight is 694 g/mol. The summed E-state index contributed by atoms with van der Waals surface area (Å²) in [5.41, 5.74) is 0. The number of carbonyl (C=O) groups is 1. The van der Waals surface area contributed by atoms with E-state index in [2.05, 4.69) is 5.32 Å². The zero-order chi connectivity index (χ0) is 35.3. The van der Waals surface area contributed by atoms with Crippen LogP contribution in [0.5, 0.6) is 0 Å². The molecule has 3 fully saturated rings. The zero-order valence-corrected chi connectivity index (χ0v) is 25.5. The van der Waals surface area contributed by atoms with E-state index in [4.69, 9.17) is 33.5 Å². The minimum Gasteiger partial charge on any atom is -0.394 e. The number of ether oxygens (including phenoxy) is 6. The van der Waals surface area contributed by atoms with Crippen molar-refractivity contribution in [1.29, 1.82) is 0 Å². The number of aliphatic hydroxyl groups excluding tert-OH is 13.